The van der Waals surface area contributed by atoms with Gasteiger partial charge in [0.25, 0.3) is 0 Å². The normalized spacial score (nSPS) is 27.5. The lowest BCUT2D eigenvalue weighted by Crippen LogP contribution is -2.55. The van der Waals surface area contributed by atoms with E-state index in [1.54, 1.807) is 0 Å². The third kappa shape index (κ3) is 4.96. The fourth-order valence-corrected chi connectivity index (χ4v) is 3.56. The van der Waals surface area contributed by atoms with E-state index in [0.29, 0.717) is 0 Å². The highest BCUT2D eigenvalue weighted by Crippen LogP contribution is 2.30. The van der Waals surface area contributed by atoms with Crippen LogP contribution in [0.25, 0.3) is 0 Å². The Hall–Kier alpha value is -0.610. The van der Waals surface area contributed by atoms with Crippen LogP contribution in [0.5, 0.6) is 0 Å². The molecule has 0 aromatic rings. The molecule has 0 aliphatic carbocycles. The molecule has 0 saturated carbocycles. The first-order valence-electron chi connectivity index (χ1n) is 8.72. The maximum absolute atomic E-state index is 12.3. The van der Waals surface area contributed by atoms with Crippen molar-refractivity contribution in [3.8, 4) is 0 Å². The fraction of sp³-hybridized carbons (Fsp3) is 0.941. The van der Waals surface area contributed by atoms with Crippen LogP contribution >= 0.6 is 0 Å². The molecule has 4 nitrogen and oxygen atoms in total. The largest absolute Gasteiger partial charge is 0.355 e. The van der Waals surface area contributed by atoms with Gasteiger partial charge in [0.05, 0.1) is 6.04 Å². The molecule has 2 N–H and O–H groups in total. The van der Waals surface area contributed by atoms with E-state index < -0.39 is 0 Å². The zero-order chi connectivity index (χ0) is 15.3. The summed E-state index contributed by atoms with van der Waals surface area (Å²) in [4.78, 5) is 14.9. The van der Waals surface area contributed by atoms with E-state index >= 15 is 0 Å². The molecule has 122 valence electrons. The highest BCUT2D eigenvalue weighted by molar-refractivity contribution is 5.82. The third-order valence-corrected chi connectivity index (χ3v) is 5.22. The Morgan fingerprint density at radius 2 is 2.05 bits per heavy atom. The van der Waals surface area contributed by atoms with E-state index in [9.17, 15) is 4.79 Å². The molecule has 2 heterocycles. The lowest BCUT2D eigenvalue weighted by molar-refractivity contribution is -0.126. The molecule has 2 fully saturated rings. The number of hydrogen-bond acceptors (Lipinski definition) is 3. The average molecular weight is 295 g/mol. The van der Waals surface area contributed by atoms with Crippen LogP contribution in [0.4, 0.5) is 0 Å². The Morgan fingerprint density at radius 1 is 1.33 bits per heavy atom. The van der Waals surface area contributed by atoms with Gasteiger partial charge in [0, 0.05) is 6.54 Å². The van der Waals surface area contributed by atoms with Gasteiger partial charge in [-0.25, -0.2) is 0 Å². The van der Waals surface area contributed by atoms with Crippen molar-refractivity contribution in [2.75, 3.05) is 32.7 Å². The van der Waals surface area contributed by atoms with Gasteiger partial charge in [-0.2, -0.15) is 0 Å². The van der Waals surface area contributed by atoms with Gasteiger partial charge in [0.2, 0.25) is 5.91 Å². The molecular weight excluding hydrogens is 262 g/mol. The molecule has 0 aromatic heterocycles. The molecule has 1 atom stereocenters. The molecular formula is C17H33N3O. The third-order valence-electron chi connectivity index (χ3n) is 5.22. The highest BCUT2D eigenvalue weighted by Gasteiger charge is 2.36. The van der Waals surface area contributed by atoms with Crippen molar-refractivity contribution < 1.29 is 4.79 Å². The minimum atomic E-state index is -0.0258. The van der Waals surface area contributed by atoms with Gasteiger partial charge in [0.15, 0.2) is 0 Å². The Balaban J connectivity index is 1.63. The SMILES string of the molecule is CC1CCN(CCCNC(=O)C2NCCCC2(C)C)CC1. The summed E-state index contributed by atoms with van der Waals surface area (Å²) in [5, 5.41) is 6.51. The van der Waals surface area contributed by atoms with E-state index in [1.807, 2.05) is 0 Å². The minimum absolute atomic E-state index is 0.0258. The second-order valence-corrected chi connectivity index (χ2v) is 7.65. The van der Waals surface area contributed by atoms with Gasteiger partial charge in [-0.15, -0.1) is 0 Å². The summed E-state index contributed by atoms with van der Waals surface area (Å²) in [6, 6.07) is -0.0258. The molecule has 21 heavy (non-hydrogen) atoms. The first-order valence-corrected chi connectivity index (χ1v) is 8.72. The number of nitrogens with one attached hydrogen (secondary N) is 2. The van der Waals surface area contributed by atoms with Crippen molar-refractivity contribution in [2.45, 2.75) is 58.9 Å². The van der Waals surface area contributed by atoms with E-state index in [2.05, 4.69) is 36.3 Å². The number of amides is 1. The number of nitrogens with zero attached hydrogens (tertiary/aromatic N) is 1. The summed E-state index contributed by atoms with van der Waals surface area (Å²) in [5.41, 5.74) is 0.0747. The molecule has 0 aromatic carbocycles. The molecule has 2 rings (SSSR count). The van der Waals surface area contributed by atoms with Gasteiger partial charge in [-0.3, -0.25) is 4.79 Å². The summed E-state index contributed by atoms with van der Waals surface area (Å²) in [6.45, 7) is 12.1. The Labute approximate surface area is 130 Å². The second kappa shape index (κ2) is 7.59. The molecule has 0 bridgehead atoms. The number of likely N-dealkylation sites (tertiary alicyclic amines) is 1. The van der Waals surface area contributed by atoms with Crippen LogP contribution in [-0.2, 0) is 4.79 Å². The van der Waals surface area contributed by atoms with Crippen molar-refractivity contribution in [1.29, 1.82) is 0 Å². The number of piperidine rings is 2. The molecule has 2 aliphatic rings. The molecule has 1 unspecified atom stereocenters. The van der Waals surface area contributed by atoms with E-state index in [1.165, 1.54) is 32.4 Å². The van der Waals surface area contributed by atoms with Crippen LogP contribution in [0, 0.1) is 11.3 Å². The quantitative estimate of drug-likeness (QED) is 0.763. The average Bonchev–Trinajstić information content (AvgIpc) is 2.45. The Bertz CT molecular complexity index is 335. The minimum Gasteiger partial charge on any atom is -0.355 e. The molecule has 4 heteroatoms. The summed E-state index contributed by atoms with van der Waals surface area (Å²) in [6.07, 6.45) is 6.01. The van der Waals surface area contributed by atoms with Crippen molar-refractivity contribution in [1.82, 2.24) is 15.5 Å². The van der Waals surface area contributed by atoms with Gasteiger partial charge >= 0.3 is 0 Å². The zero-order valence-electron chi connectivity index (χ0n) is 14.1. The van der Waals surface area contributed by atoms with E-state index in [0.717, 1.165) is 38.4 Å². The first kappa shape index (κ1) is 16.8. The monoisotopic (exact) mass is 295 g/mol. The van der Waals surface area contributed by atoms with Crippen LogP contribution in [0.15, 0.2) is 0 Å². The Kier molecular flexibility index (Phi) is 6.06. The summed E-state index contributed by atoms with van der Waals surface area (Å²) in [5.74, 6) is 1.08. The predicted octanol–water partition coefficient (Wildman–Crippen LogP) is 2.00. The fourth-order valence-electron chi connectivity index (χ4n) is 3.56. The summed E-state index contributed by atoms with van der Waals surface area (Å²) < 4.78 is 0. The molecule has 2 saturated heterocycles. The van der Waals surface area contributed by atoms with Gasteiger partial charge in [0.1, 0.15) is 0 Å². The van der Waals surface area contributed by atoms with Crippen molar-refractivity contribution in [3.05, 3.63) is 0 Å². The van der Waals surface area contributed by atoms with Crippen LogP contribution in [-0.4, -0.2) is 49.6 Å². The van der Waals surface area contributed by atoms with Gasteiger partial charge in [-0.1, -0.05) is 20.8 Å². The summed E-state index contributed by atoms with van der Waals surface area (Å²) >= 11 is 0. The van der Waals surface area contributed by atoms with Crippen molar-refractivity contribution in [3.63, 3.8) is 0 Å². The maximum Gasteiger partial charge on any atom is 0.237 e. The number of carbonyl (C=O) groups excluding carboxylic acids is 1. The standard InChI is InChI=1S/C17H33N3O/c1-14-6-12-20(13-7-14)11-5-10-19-16(21)15-17(2,3)8-4-9-18-15/h14-15,18H,4-13H2,1-3H3,(H,19,21). The van der Waals surface area contributed by atoms with Crippen molar-refractivity contribution in [2.24, 2.45) is 11.3 Å². The predicted molar refractivity (Wildman–Crippen MR) is 87.3 cm³/mol. The zero-order valence-corrected chi connectivity index (χ0v) is 14.1. The van der Waals surface area contributed by atoms with Gasteiger partial charge < -0.3 is 15.5 Å². The molecule has 0 radical (unpaired) electrons. The van der Waals surface area contributed by atoms with Gasteiger partial charge in [-0.05, 0) is 69.6 Å². The molecule has 1 amide bonds. The summed E-state index contributed by atoms with van der Waals surface area (Å²) in [7, 11) is 0. The Morgan fingerprint density at radius 3 is 2.71 bits per heavy atom. The topological polar surface area (TPSA) is 44.4 Å². The smallest absolute Gasteiger partial charge is 0.237 e. The van der Waals surface area contributed by atoms with Crippen LogP contribution in [0.3, 0.4) is 0 Å². The highest BCUT2D eigenvalue weighted by atomic mass is 16.2. The number of rotatable bonds is 5. The lowest BCUT2D eigenvalue weighted by atomic mass is 9.77. The molecule has 0 spiro atoms. The van der Waals surface area contributed by atoms with Crippen LogP contribution in [0.2, 0.25) is 0 Å². The maximum atomic E-state index is 12.3. The first-order chi connectivity index (χ1) is 9.99. The second-order valence-electron chi connectivity index (χ2n) is 7.65. The van der Waals surface area contributed by atoms with E-state index in [-0.39, 0.29) is 17.4 Å². The van der Waals surface area contributed by atoms with E-state index in [4.69, 9.17) is 0 Å². The van der Waals surface area contributed by atoms with Crippen molar-refractivity contribution >= 4 is 5.91 Å². The number of carbonyl (C=O) groups is 1. The lowest BCUT2D eigenvalue weighted by Gasteiger charge is -2.38. The van der Waals surface area contributed by atoms with Crippen LogP contribution in [0.1, 0.15) is 52.9 Å². The number of hydrogen-bond donors (Lipinski definition) is 2. The molecule has 2 aliphatic heterocycles. The van der Waals surface area contributed by atoms with Crippen LogP contribution < -0.4 is 10.6 Å².